The number of fused-ring (bicyclic) bond motifs is 1. The van der Waals surface area contributed by atoms with E-state index in [1.807, 2.05) is 24.3 Å². The number of nitrogens with one attached hydrogen (secondary N) is 1. The van der Waals surface area contributed by atoms with Crippen molar-refractivity contribution in [2.24, 2.45) is 0 Å². The summed E-state index contributed by atoms with van der Waals surface area (Å²) in [6, 6.07) is 13.0. The third kappa shape index (κ3) is 4.22. The van der Waals surface area contributed by atoms with E-state index in [4.69, 9.17) is 14.6 Å². The minimum atomic E-state index is -0.500. The van der Waals surface area contributed by atoms with Crippen LogP contribution in [0.25, 0.3) is 22.4 Å². The third-order valence-electron chi connectivity index (χ3n) is 4.86. The summed E-state index contributed by atoms with van der Waals surface area (Å²) in [5, 5.41) is 9.01. The predicted molar refractivity (Wildman–Crippen MR) is 106 cm³/mol. The second kappa shape index (κ2) is 8.52. The molecule has 7 nitrogen and oxygen atoms in total. The van der Waals surface area contributed by atoms with Crippen molar-refractivity contribution >= 4 is 16.8 Å². The van der Waals surface area contributed by atoms with Crippen LogP contribution in [0.5, 0.6) is 5.75 Å². The molecule has 1 aliphatic heterocycles. The molecule has 0 radical (unpaired) electrons. The van der Waals surface area contributed by atoms with E-state index in [1.165, 1.54) is 0 Å². The SMILES string of the molecule is O=C(CO)c1ccc2nc(-c3ccc(OCCN4CCOCC4)cc3)[nH]c2c1. The highest BCUT2D eigenvalue weighted by atomic mass is 16.5. The van der Waals surface area contributed by atoms with Gasteiger partial charge in [-0.05, 0) is 42.5 Å². The number of ketones is 1. The first-order chi connectivity index (χ1) is 13.7. The summed E-state index contributed by atoms with van der Waals surface area (Å²) in [4.78, 5) is 21.8. The van der Waals surface area contributed by atoms with E-state index >= 15 is 0 Å². The molecule has 7 heteroatoms. The van der Waals surface area contributed by atoms with Gasteiger partial charge in [0.05, 0.1) is 24.2 Å². The summed E-state index contributed by atoms with van der Waals surface area (Å²) in [5.74, 6) is 1.24. The smallest absolute Gasteiger partial charge is 0.188 e. The fourth-order valence-corrected chi connectivity index (χ4v) is 3.24. The number of carbonyl (C=O) groups excluding carboxylic acids is 1. The summed E-state index contributed by atoms with van der Waals surface area (Å²) in [7, 11) is 0. The van der Waals surface area contributed by atoms with Gasteiger partial charge in [0.15, 0.2) is 5.78 Å². The molecule has 146 valence electrons. The van der Waals surface area contributed by atoms with Crippen LogP contribution in [0.4, 0.5) is 0 Å². The molecule has 2 heterocycles. The van der Waals surface area contributed by atoms with Gasteiger partial charge in [-0.2, -0.15) is 0 Å². The zero-order chi connectivity index (χ0) is 19.3. The number of nitrogens with zero attached hydrogens (tertiary/aromatic N) is 2. The van der Waals surface area contributed by atoms with Crippen molar-refractivity contribution in [2.45, 2.75) is 0 Å². The fraction of sp³-hybridized carbons (Fsp3) is 0.333. The first-order valence-corrected chi connectivity index (χ1v) is 9.40. The van der Waals surface area contributed by atoms with Crippen LogP contribution in [-0.2, 0) is 4.74 Å². The zero-order valence-electron chi connectivity index (χ0n) is 15.6. The zero-order valence-corrected chi connectivity index (χ0v) is 15.6. The van der Waals surface area contributed by atoms with E-state index in [1.54, 1.807) is 18.2 Å². The van der Waals surface area contributed by atoms with Gasteiger partial charge in [0, 0.05) is 30.8 Å². The van der Waals surface area contributed by atoms with Crippen LogP contribution in [0, 0.1) is 0 Å². The molecule has 1 saturated heterocycles. The van der Waals surface area contributed by atoms with E-state index in [2.05, 4.69) is 14.9 Å². The lowest BCUT2D eigenvalue weighted by Gasteiger charge is -2.26. The number of aromatic amines is 1. The van der Waals surface area contributed by atoms with Gasteiger partial charge in [-0.1, -0.05) is 0 Å². The van der Waals surface area contributed by atoms with Gasteiger partial charge >= 0.3 is 0 Å². The highest BCUT2D eigenvalue weighted by Crippen LogP contribution is 2.23. The Morgan fingerprint density at radius 3 is 2.71 bits per heavy atom. The fourth-order valence-electron chi connectivity index (χ4n) is 3.24. The first kappa shape index (κ1) is 18.6. The standard InChI is InChI=1S/C21H23N3O4/c25-14-20(26)16-3-6-18-19(13-16)23-21(22-18)15-1-4-17(5-2-15)28-12-9-24-7-10-27-11-8-24/h1-6,13,25H,7-12,14H2,(H,22,23). The van der Waals surface area contributed by atoms with Gasteiger partial charge in [0.25, 0.3) is 0 Å². The molecule has 0 bridgehead atoms. The van der Waals surface area contributed by atoms with Crippen molar-refractivity contribution < 1.29 is 19.4 Å². The molecule has 1 aromatic heterocycles. The van der Waals surface area contributed by atoms with Crippen LogP contribution in [0.3, 0.4) is 0 Å². The van der Waals surface area contributed by atoms with Gasteiger partial charge in [-0.15, -0.1) is 0 Å². The molecule has 0 atom stereocenters. The molecule has 28 heavy (non-hydrogen) atoms. The Morgan fingerprint density at radius 2 is 1.96 bits per heavy atom. The van der Waals surface area contributed by atoms with Crippen molar-refractivity contribution in [3.8, 4) is 17.1 Å². The monoisotopic (exact) mass is 381 g/mol. The number of aromatic nitrogens is 2. The number of Topliss-reactive ketones (excluding diaryl/α,β-unsaturated/α-hetero) is 1. The number of benzene rings is 2. The summed E-state index contributed by atoms with van der Waals surface area (Å²) in [6.45, 7) is 4.54. The van der Waals surface area contributed by atoms with Gasteiger partial charge in [0.2, 0.25) is 0 Å². The Labute approximate surface area is 162 Å². The topological polar surface area (TPSA) is 87.7 Å². The van der Waals surface area contributed by atoms with Crippen LogP contribution < -0.4 is 4.74 Å². The molecule has 0 saturated carbocycles. The van der Waals surface area contributed by atoms with Gasteiger partial charge < -0.3 is 19.6 Å². The van der Waals surface area contributed by atoms with Crippen LogP contribution in [0.2, 0.25) is 0 Å². The molecule has 2 N–H and O–H groups in total. The molecule has 0 aliphatic carbocycles. The average Bonchev–Trinajstić information content (AvgIpc) is 3.18. The van der Waals surface area contributed by atoms with E-state index < -0.39 is 6.61 Å². The number of hydrogen-bond donors (Lipinski definition) is 2. The second-order valence-electron chi connectivity index (χ2n) is 6.73. The highest BCUT2D eigenvalue weighted by molar-refractivity contribution is 5.99. The number of rotatable bonds is 7. The lowest BCUT2D eigenvalue weighted by molar-refractivity contribution is 0.0322. The van der Waals surface area contributed by atoms with E-state index in [0.29, 0.717) is 12.2 Å². The van der Waals surface area contributed by atoms with Gasteiger partial charge in [-0.3, -0.25) is 9.69 Å². The highest BCUT2D eigenvalue weighted by Gasteiger charge is 2.11. The second-order valence-corrected chi connectivity index (χ2v) is 6.73. The Kier molecular flexibility index (Phi) is 5.66. The maximum absolute atomic E-state index is 11.7. The number of ether oxygens (including phenoxy) is 2. The molecule has 0 unspecified atom stereocenters. The van der Waals surface area contributed by atoms with Crippen LogP contribution in [-0.4, -0.2) is 71.8 Å². The Morgan fingerprint density at radius 1 is 1.18 bits per heavy atom. The summed E-state index contributed by atoms with van der Waals surface area (Å²) >= 11 is 0. The van der Waals surface area contributed by atoms with E-state index in [-0.39, 0.29) is 5.78 Å². The minimum absolute atomic E-state index is 0.309. The summed E-state index contributed by atoms with van der Waals surface area (Å²) in [6.07, 6.45) is 0. The average molecular weight is 381 g/mol. The molecular weight excluding hydrogens is 358 g/mol. The lowest BCUT2D eigenvalue weighted by Crippen LogP contribution is -2.38. The molecule has 1 fully saturated rings. The number of morpholine rings is 1. The predicted octanol–water partition coefficient (Wildman–Crippen LogP) is 2.12. The van der Waals surface area contributed by atoms with Crippen molar-refractivity contribution in [3.63, 3.8) is 0 Å². The minimum Gasteiger partial charge on any atom is -0.492 e. The Bertz CT molecular complexity index is 946. The number of aliphatic hydroxyl groups is 1. The molecule has 1 aliphatic rings. The van der Waals surface area contributed by atoms with Gasteiger partial charge in [0.1, 0.15) is 24.8 Å². The third-order valence-corrected chi connectivity index (χ3v) is 4.86. The van der Waals surface area contributed by atoms with Crippen molar-refractivity contribution in [3.05, 3.63) is 48.0 Å². The normalized spacial score (nSPS) is 15.0. The molecule has 0 amide bonds. The molecule has 0 spiro atoms. The van der Waals surface area contributed by atoms with Crippen molar-refractivity contribution in [1.29, 1.82) is 0 Å². The maximum atomic E-state index is 11.7. The quantitative estimate of drug-likeness (QED) is 0.610. The van der Waals surface area contributed by atoms with E-state index in [9.17, 15) is 4.79 Å². The van der Waals surface area contributed by atoms with Crippen LogP contribution in [0.1, 0.15) is 10.4 Å². The summed E-state index contributed by atoms with van der Waals surface area (Å²) < 4.78 is 11.2. The van der Waals surface area contributed by atoms with Gasteiger partial charge in [-0.25, -0.2) is 4.98 Å². The maximum Gasteiger partial charge on any atom is 0.188 e. The Balaban J connectivity index is 1.41. The molecule has 3 aromatic rings. The number of hydrogen-bond acceptors (Lipinski definition) is 6. The lowest BCUT2D eigenvalue weighted by atomic mass is 10.1. The summed E-state index contributed by atoms with van der Waals surface area (Å²) in [5.41, 5.74) is 2.94. The van der Waals surface area contributed by atoms with Crippen molar-refractivity contribution in [2.75, 3.05) is 46.1 Å². The largest absolute Gasteiger partial charge is 0.492 e. The Hall–Kier alpha value is -2.74. The number of imidazole rings is 1. The number of H-pyrrole nitrogens is 1. The molecule has 2 aromatic carbocycles. The van der Waals surface area contributed by atoms with Crippen molar-refractivity contribution in [1.82, 2.24) is 14.9 Å². The van der Waals surface area contributed by atoms with Crippen LogP contribution in [0.15, 0.2) is 42.5 Å². The number of carbonyl (C=O) groups is 1. The van der Waals surface area contributed by atoms with E-state index in [0.717, 1.165) is 61.0 Å². The first-order valence-electron chi connectivity index (χ1n) is 9.40. The molecule has 4 rings (SSSR count). The molecular formula is C21H23N3O4. The van der Waals surface area contributed by atoms with Crippen LogP contribution >= 0.6 is 0 Å². The number of aliphatic hydroxyl groups excluding tert-OH is 1.